The highest BCUT2D eigenvalue weighted by atomic mass is 16.7. The molecule has 2 amide bonds. The van der Waals surface area contributed by atoms with Crippen LogP contribution >= 0.6 is 0 Å². The van der Waals surface area contributed by atoms with Gasteiger partial charge in [-0.05, 0) is 54.4 Å². The van der Waals surface area contributed by atoms with Gasteiger partial charge in [0.05, 0.1) is 5.56 Å². The van der Waals surface area contributed by atoms with Gasteiger partial charge in [-0.25, -0.2) is 0 Å². The lowest BCUT2D eigenvalue weighted by atomic mass is 10.1. The van der Waals surface area contributed by atoms with Crippen LogP contribution in [0.3, 0.4) is 0 Å². The molecule has 0 aromatic heterocycles. The number of carbonyl (C=O) groups is 2. The summed E-state index contributed by atoms with van der Waals surface area (Å²) in [5.74, 6) is 1.19. The average molecular weight is 420 g/mol. The van der Waals surface area contributed by atoms with Crippen molar-refractivity contribution < 1.29 is 23.8 Å². The summed E-state index contributed by atoms with van der Waals surface area (Å²) in [6, 6.07) is 16.8. The van der Waals surface area contributed by atoms with E-state index in [-0.39, 0.29) is 31.3 Å². The van der Waals surface area contributed by atoms with Gasteiger partial charge < -0.3 is 24.8 Å². The average Bonchev–Trinajstić information content (AvgIpc) is 3.23. The Balaban J connectivity index is 1.52. The second-order valence-electron chi connectivity index (χ2n) is 7.58. The number of hydrogen-bond acceptors (Lipinski definition) is 5. The van der Waals surface area contributed by atoms with Crippen molar-refractivity contribution in [2.75, 3.05) is 13.4 Å². The Labute approximate surface area is 180 Å². The Morgan fingerprint density at radius 3 is 2.52 bits per heavy atom. The van der Waals surface area contributed by atoms with Crippen molar-refractivity contribution in [2.24, 2.45) is 0 Å². The summed E-state index contributed by atoms with van der Waals surface area (Å²) in [4.78, 5) is 25.0. The molecule has 7 heteroatoms. The smallest absolute Gasteiger partial charge is 0.258 e. The molecule has 0 aliphatic carbocycles. The van der Waals surface area contributed by atoms with Gasteiger partial charge in [-0.2, -0.15) is 0 Å². The van der Waals surface area contributed by atoms with Crippen molar-refractivity contribution in [1.29, 1.82) is 0 Å². The minimum absolute atomic E-state index is 0.0113. The molecule has 0 fully saturated rings. The Bertz CT molecular complexity index is 1130. The molecule has 0 spiro atoms. The zero-order chi connectivity index (χ0) is 21.8. The lowest BCUT2D eigenvalue weighted by molar-refractivity contribution is -0.123. The van der Waals surface area contributed by atoms with Crippen LogP contribution in [0.15, 0.2) is 54.6 Å². The molecule has 1 heterocycles. The third kappa shape index (κ3) is 4.88. The van der Waals surface area contributed by atoms with Crippen LogP contribution in [-0.4, -0.2) is 31.3 Å². The second-order valence-corrected chi connectivity index (χ2v) is 7.58. The maximum Gasteiger partial charge on any atom is 0.258 e. The number of amides is 2. The zero-order valence-corrected chi connectivity index (χ0v) is 17.4. The minimum atomic E-state index is -0.289. The topological polar surface area (TPSA) is 85.9 Å². The number of benzene rings is 3. The third-order valence-corrected chi connectivity index (χ3v) is 4.79. The Morgan fingerprint density at radius 2 is 1.74 bits per heavy atom. The van der Waals surface area contributed by atoms with E-state index < -0.39 is 0 Å². The van der Waals surface area contributed by atoms with Crippen LogP contribution in [0.2, 0.25) is 0 Å². The molecule has 0 radical (unpaired) electrons. The van der Waals surface area contributed by atoms with E-state index in [4.69, 9.17) is 14.2 Å². The number of fused-ring (bicyclic) bond motifs is 2. The molecule has 3 aromatic rings. The molecule has 0 saturated heterocycles. The minimum Gasteiger partial charge on any atom is -0.483 e. The van der Waals surface area contributed by atoms with Crippen molar-refractivity contribution in [3.05, 3.63) is 65.7 Å². The number of carbonyl (C=O) groups excluding carboxylic acids is 2. The SMILES string of the molecule is CC(C)NC(=O)COc1cc2ccccc2cc1C(=O)NCc1ccc2c(c1)OCO2. The monoisotopic (exact) mass is 420 g/mol. The first-order chi connectivity index (χ1) is 15.0. The molecular formula is C24H24N2O5. The number of rotatable bonds is 7. The molecule has 1 aliphatic heterocycles. The maximum absolute atomic E-state index is 13.0. The predicted molar refractivity (Wildman–Crippen MR) is 116 cm³/mol. The fourth-order valence-corrected chi connectivity index (χ4v) is 3.35. The number of nitrogens with one attached hydrogen (secondary N) is 2. The molecule has 31 heavy (non-hydrogen) atoms. The normalized spacial score (nSPS) is 12.1. The van der Waals surface area contributed by atoms with Crippen molar-refractivity contribution in [2.45, 2.75) is 26.4 Å². The molecule has 0 bridgehead atoms. The van der Waals surface area contributed by atoms with Gasteiger partial charge in [0.25, 0.3) is 11.8 Å². The quantitative estimate of drug-likeness (QED) is 0.612. The van der Waals surface area contributed by atoms with E-state index in [0.717, 1.165) is 16.3 Å². The van der Waals surface area contributed by atoms with Crippen LogP contribution < -0.4 is 24.8 Å². The van der Waals surface area contributed by atoms with Crippen LogP contribution in [-0.2, 0) is 11.3 Å². The van der Waals surface area contributed by atoms with Crippen LogP contribution in [0.5, 0.6) is 17.2 Å². The van der Waals surface area contributed by atoms with Crippen molar-refractivity contribution in [3.8, 4) is 17.2 Å². The first-order valence-electron chi connectivity index (χ1n) is 10.1. The highest BCUT2D eigenvalue weighted by molar-refractivity contribution is 6.01. The van der Waals surface area contributed by atoms with E-state index in [0.29, 0.717) is 29.4 Å². The van der Waals surface area contributed by atoms with Gasteiger partial charge in [0.1, 0.15) is 5.75 Å². The van der Waals surface area contributed by atoms with E-state index in [1.807, 2.05) is 56.3 Å². The maximum atomic E-state index is 13.0. The summed E-state index contributed by atoms with van der Waals surface area (Å²) in [5, 5.41) is 7.53. The standard InChI is InChI=1S/C24H24N2O5/c1-15(2)26-23(27)13-29-21-11-18-6-4-3-5-17(18)10-19(21)24(28)25-12-16-7-8-20-22(9-16)31-14-30-20/h3-11,15H,12-14H2,1-2H3,(H,25,28)(H,26,27). The van der Waals surface area contributed by atoms with Crippen molar-refractivity contribution in [1.82, 2.24) is 10.6 Å². The lowest BCUT2D eigenvalue weighted by Crippen LogP contribution is -2.34. The molecular weight excluding hydrogens is 396 g/mol. The van der Waals surface area contributed by atoms with E-state index >= 15 is 0 Å². The summed E-state index contributed by atoms with van der Waals surface area (Å²) in [7, 11) is 0. The van der Waals surface area contributed by atoms with E-state index in [1.165, 1.54) is 0 Å². The molecule has 7 nitrogen and oxygen atoms in total. The van der Waals surface area contributed by atoms with E-state index in [1.54, 1.807) is 12.1 Å². The fraction of sp³-hybridized carbons (Fsp3) is 0.250. The zero-order valence-electron chi connectivity index (χ0n) is 17.4. The fourth-order valence-electron chi connectivity index (χ4n) is 3.35. The van der Waals surface area contributed by atoms with Gasteiger partial charge >= 0.3 is 0 Å². The summed E-state index contributed by atoms with van der Waals surface area (Å²) in [6.45, 7) is 4.10. The summed E-state index contributed by atoms with van der Waals surface area (Å²) >= 11 is 0. The lowest BCUT2D eigenvalue weighted by Gasteiger charge is -2.14. The molecule has 0 saturated carbocycles. The van der Waals surface area contributed by atoms with E-state index in [2.05, 4.69) is 10.6 Å². The van der Waals surface area contributed by atoms with Crippen LogP contribution in [0.4, 0.5) is 0 Å². The number of ether oxygens (including phenoxy) is 3. The van der Waals surface area contributed by atoms with Crippen molar-refractivity contribution >= 4 is 22.6 Å². The van der Waals surface area contributed by atoms with Crippen LogP contribution in [0, 0.1) is 0 Å². The molecule has 1 aliphatic rings. The molecule has 2 N–H and O–H groups in total. The second kappa shape index (κ2) is 8.95. The first kappa shape index (κ1) is 20.5. The van der Waals surface area contributed by atoms with Crippen LogP contribution in [0.1, 0.15) is 29.8 Å². The predicted octanol–water partition coefficient (Wildman–Crippen LogP) is 3.40. The highest BCUT2D eigenvalue weighted by Crippen LogP contribution is 2.32. The molecule has 160 valence electrons. The Hall–Kier alpha value is -3.74. The molecule has 0 unspecified atom stereocenters. The Morgan fingerprint density at radius 1 is 1.00 bits per heavy atom. The van der Waals surface area contributed by atoms with Gasteiger partial charge in [-0.1, -0.05) is 30.3 Å². The number of hydrogen-bond donors (Lipinski definition) is 2. The Kier molecular flexibility index (Phi) is 5.93. The molecule has 4 rings (SSSR count). The summed E-state index contributed by atoms with van der Waals surface area (Å²) < 4.78 is 16.4. The van der Waals surface area contributed by atoms with Crippen molar-refractivity contribution in [3.63, 3.8) is 0 Å². The summed E-state index contributed by atoms with van der Waals surface area (Å²) in [6.07, 6.45) is 0. The van der Waals surface area contributed by atoms with E-state index in [9.17, 15) is 9.59 Å². The largest absolute Gasteiger partial charge is 0.483 e. The van der Waals surface area contributed by atoms with Gasteiger partial charge in [-0.3, -0.25) is 9.59 Å². The molecule has 0 atom stereocenters. The van der Waals surface area contributed by atoms with Gasteiger partial charge in [-0.15, -0.1) is 0 Å². The molecule has 3 aromatic carbocycles. The van der Waals surface area contributed by atoms with Crippen LogP contribution in [0.25, 0.3) is 10.8 Å². The van der Waals surface area contributed by atoms with Gasteiger partial charge in [0, 0.05) is 12.6 Å². The van der Waals surface area contributed by atoms with Gasteiger partial charge in [0.15, 0.2) is 18.1 Å². The summed E-state index contributed by atoms with van der Waals surface area (Å²) in [5.41, 5.74) is 1.26. The van der Waals surface area contributed by atoms with Gasteiger partial charge in [0.2, 0.25) is 6.79 Å². The first-order valence-corrected chi connectivity index (χ1v) is 10.1. The third-order valence-electron chi connectivity index (χ3n) is 4.79. The highest BCUT2D eigenvalue weighted by Gasteiger charge is 2.17.